The molecule has 0 aliphatic carbocycles. The van der Waals surface area contributed by atoms with Gasteiger partial charge in [0, 0.05) is 6.42 Å². The van der Waals surface area contributed by atoms with E-state index in [4.69, 9.17) is 4.74 Å². The second-order valence-corrected chi connectivity index (χ2v) is 19.1. The molecule has 0 saturated carbocycles. The van der Waals surface area contributed by atoms with E-state index in [1.54, 1.807) is 0 Å². The van der Waals surface area contributed by atoms with Crippen LogP contribution in [0.25, 0.3) is 0 Å². The van der Waals surface area contributed by atoms with E-state index in [1.165, 1.54) is 180 Å². The van der Waals surface area contributed by atoms with Crippen molar-refractivity contribution in [1.29, 1.82) is 0 Å². The van der Waals surface area contributed by atoms with Gasteiger partial charge in [0.25, 0.3) is 0 Å². The molecule has 3 atom stereocenters. The number of unbranched alkanes of at least 4 members (excludes halogenated alkanes) is 33. The monoisotopic (exact) mass is 898 g/mol. The molecular weight excluding hydrogens is 791 g/mol. The van der Waals surface area contributed by atoms with E-state index in [1.807, 2.05) is 36.5 Å². The van der Waals surface area contributed by atoms with Gasteiger partial charge in [-0.1, -0.05) is 281 Å². The fourth-order valence-electron chi connectivity index (χ4n) is 8.57. The van der Waals surface area contributed by atoms with Crippen molar-refractivity contribution in [2.45, 2.75) is 302 Å². The molecule has 0 aliphatic heterocycles. The van der Waals surface area contributed by atoms with Crippen molar-refractivity contribution < 1.29 is 24.5 Å². The van der Waals surface area contributed by atoms with Crippen LogP contribution in [0.2, 0.25) is 0 Å². The number of ether oxygens (including phenoxy) is 1. The second kappa shape index (κ2) is 51.8. The molecule has 6 nitrogen and oxygen atoms in total. The molecule has 0 rings (SSSR count). The summed E-state index contributed by atoms with van der Waals surface area (Å²) in [6, 6.07) is -0.721. The minimum absolute atomic E-state index is 0.0345. The summed E-state index contributed by atoms with van der Waals surface area (Å²) in [5.74, 6) is -0.530. The van der Waals surface area contributed by atoms with Gasteiger partial charge in [0.15, 0.2) is 0 Å². The highest BCUT2D eigenvalue weighted by atomic mass is 16.5. The van der Waals surface area contributed by atoms with Gasteiger partial charge < -0.3 is 20.3 Å². The third-order valence-electron chi connectivity index (χ3n) is 12.8. The van der Waals surface area contributed by atoms with Crippen LogP contribution >= 0.6 is 0 Å². The Morgan fingerprint density at radius 2 is 0.844 bits per heavy atom. The molecule has 0 bridgehead atoms. The Morgan fingerprint density at radius 3 is 1.25 bits per heavy atom. The number of nitrogens with one attached hydrogen (secondary N) is 1. The van der Waals surface area contributed by atoms with E-state index in [2.05, 4.69) is 38.2 Å². The lowest BCUT2D eigenvalue weighted by Gasteiger charge is -2.24. The van der Waals surface area contributed by atoms with E-state index in [0.717, 1.165) is 57.8 Å². The van der Waals surface area contributed by atoms with Crippen LogP contribution in [0.1, 0.15) is 284 Å². The van der Waals surface area contributed by atoms with Gasteiger partial charge in [0.2, 0.25) is 5.91 Å². The molecule has 6 heteroatoms. The van der Waals surface area contributed by atoms with Crippen LogP contribution in [0, 0.1) is 0 Å². The maximum Gasteiger partial charge on any atom is 0.306 e. The van der Waals surface area contributed by atoms with Gasteiger partial charge in [0.1, 0.15) is 6.10 Å². The molecule has 0 aromatic carbocycles. The predicted octanol–water partition coefficient (Wildman–Crippen LogP) is 17.0. The van der Waals surface area contributed by atoms with Crippen LogP contribution in [0.15, 0.2) is 48.6 Å². The Bertz CT molecular complexity index is 1100. The third kappa shape index (κ3) is 46.4. The van der Waals surface area contributed by atoms with E-state index in [-0.39, 0.29) is 24.9 Å². The molecular formula is C58H107NO5. The van der Waals surface area contributed by atoms with Gasteiger partial charge in [-0.3, -0.25) is 9.59 Å². The standard InChI is InChI=1S/C58H107NO5/c1-4-7-10-13-16-19-22-24-26-28-30-32-35-38-41-44-47-50-56(61)55(53-60)59-57(62)52-54(49-46-43-40-37-34-21-18-15-12-9-6-3)64-58(63)51-48-45-42-39-36-33-31-29-27-25-23-20-17-14-11-8-5-2/h9,12,15,18,21,34,37,40,54-56,60-61H,4-8,10-11,13-14,16-17,19-20,22-33,35-36,38-39,41-53H2,1-3H3,(H,59,62)/b12-9+,18-15+,34-21-,40-37-. The molecule has 1 amide bonds. The molecule has 0 aromatic heterocycles. The number of carbonyl (C=O) groups excluding carboxylic acids is 2. The van der Waals surface area contributed by atoms with E-state index in [9.17, 15) is 19.8 Å². The quantitative estimate of drug-likeness (QED) is 0.0321. The minimum Gasteiger partial charge on any atom is -0.462 e. The first kappa shape index (κ1) is 61.8. The lowest BCUT2D eigenvalue weighted by Crippen LogP contribution is -2.46. The molecule has 64 heavy (non-hydrogen) atoms. The number of aliphatic hydroxyl groups excluding tert-OH is 2. The lowest BCUT2D eigenvalue weighted by molar-refractivity contribution is -0.151. The maximum absolute atomic E-state index is 13.2. The third-order valence-corrected chi connectivity index (χ3v) is 12.8. The highest BCUT2D eigenvalue weighted by molar-refractivity contribution is 5.77. The van der Waals surface area contributed by atoms with Crippen LogP contribution in [-0.4, -0.2) is 46.9 Å². The number of carbonyl (C=O) groups is 2. The fourth-order valence-corrected chi connectivity index (χ4v) is 8.57. The summed E-state index contributed by atoms with van der Waals surface area (Å²) in [6.07, 6.45) is 63.4. The van der Waals surface area contributed by atoms with Crippen molar-refractivity contribution in [2.75, 3.05) is 6.61 Å². The van der Waals surface area contributed by atoms with Crippen molar-refractivity contribution in [1.82, 2.24) is 5.32 Å². The summed E-state index contributed by atoms with van der Waals surface area (Å²) < 4.78 is 5.91. The summed E-state index contributed by atoms with van der Waals surface area (Å²) >= 11 is 0. The first-order chi connectivity index (χ1) is 31.5. The fraction of sp³-hybridized carbons (Fsp3) is 0.828. The Labute approximate surface area is 397 Å². The van der Waals surface area contributed by atoms with Gasteiger partial charge in [-0.15, -0.1) is 0 Å². The predicted molar refractivity (Wildman–Crippen MR) is 278 cm³/mol. The maximum atomic E-state index is 13.2. The van der Waals surface area contributed by atoms with Crippen molar-refractivity contribution in [3.05, 3.63) is 48.6 Å². The number of esters is 1. The Morgan fingerprint density at radius 1 is 0.469 bits per heavy atom. The van der Waals surface area contributed by atoms with E-state index in [0.29, 0.717) is 19.3 Å². The van der Waals surface area contributed by atoms with Gasteiger partial charge in [-0.25, -0.2) is 0 Å². The van der Waals surface area contributed by atoms with Gasteiger partial charge in [0.05, 0.1) is 25.2 Å². The highest BCUT2D eigenvalue weighted by Crippen LogP contribution is 2.18. The van der Waals surface area contributed by atoms with Crippen molar-refractivity contribution >= 4 is 11.9 Å². The average Bonchev–Trinajstić information content (AvgIpc) is 3.29. The molecule has 3 unspecified atom stereocenters. The van der Waals surface area contributed by atoms with E-state index < -0.39 is 18.2 Å². The topological polar surface area (TPSA) is 95.9 Å². The molecule has 0 radical (unpaired) electrons. The zero-order valence-electron chi connectivity index (χ0n) is 42.7. The number of hydrogen-bond acceptors (Lipinski definition) is 5. The summed E-state index contributed by atoms with van der Waals surface area (Å²) in [6.45, 7) is 6.35. The van der Waals surface area contributed by atoms with Crippen LogP contribution in [0.3, 0.4) is 0 Å². The number of rotatable bonds is 50. The van der Waals surface area contributed by atoms with Gasteiger partial charge in [-0.2, -0.15) is 0 Å². The molecule has 3 N–H and O–H groups in total. The number of amides is 1. The SMILES string of the molecule is CC/C=C/C=C/C=C\C=C/CCCC(CC(=O)NC(CO)C(O)CCCCCCCCCCCCCCCCCCC)OC(=O)CCCCCCCCCCCCCCCCCCC. The van der Waals surface area contributed by atoms with Crippen LogP contribution in [0.4, 0.5) is 0 Å². The minimum atomic E-state index is -0.804. The number of allylic oxidation sites excluding steroid dienone is 8. The van der Waals surface area contributed by atoms with Crippen LogP contribution in [-0.2, 0) is 14.3 Å². The highest BCUT2D eigenvalue weighted by Gasteiger charge is 2.24. The Hall–Kier alpha value is -2.18. The summed E-state index contributed by atoms with van der Waals surface area (Å²) in [7, 11) is 0. The van der Waals surface area contributed by atoms with Crippen molar-refractivity contribution in [2.24, 2.45) is 0 Å². The van der Waals surface area contributed by atoms with Gasteiger partial charge in [-0.05, 0) is 38.5 Å². The molecule has 0 saturated heterocycles. The molecule has 0 fully saturated rings. The smallest absolute Gasteiger partial charge is 0.306 e. The van der Waals surface area contributed by atoms with Crippen molar-refractivity contribution in [3.8, 4) is 0 Å². The Balaban J connectivity index is 4.48. The zero-order valence-corrected chi connectivity index (χ0v) is 42.7. The first-order valence-electron chi connectivity index (χ1n) is 27.9. The van der Waals surface area contributed by atoms with Crippen molar-refractivity contribution in [3.63, 3.8) is 0 Å². The molecule has 374 valence electrons. The van der Waals surface area contributed by atoms with Gasteiger partial charge >= 0.3 is 5.97 Å². The number of hydrogen-bond donors (Lipinski definition) is 3. The second-order valence-electron chi connectivity index (χ2n) is 19.1. The molecule has 0 spiro atoms. The number of aliphatic hydroxyl groups is 2. The lowest BCUT2D eigenvalue weighted by atomic mass is 10.0. The zero-order chi connectivity index (χ0) is 46.7. The molecule has 0 aromatic rings. The summed E-state index contributed by atoms with van der Waals surface area (Å²) in [5, 5.41) is 23.8. The first-order valence-corrected chi connectivity index (χ1v) is 27.9. The largest absolute Gasteiger partial charge is 0.462 e. The Kier molecular flexibility index (Phi) is 50.0. The normalized spacial score (nSPS) is 13.5. The van der Waals surface area contributed by atoms with E-state index >= 15 is 0 Å². The summed E-state index contributed by atoms with van der Waals surface area (Å²) in [5.41, 5.74) is 0. The molecule has 0 heterocycles. The van der Waals surface area contributed by atoms with Crippen LogP contribution < -0.4 is 5.32 Å². The average molecular weight is 898 g/mol. The van der Waals surface area contributed by atoms with Crippen LogP contribution in [0.5, 0.6) is 0 Å². The summed E-state index contributed by atoms with van der Waals surface area (Å²) in [4.78, 5) is 26.2. The molecule has 0 aliphatic rings.